The van der Waals surface area contributed by atoms with Gasteiger partial charge >= 0.3 is 21.6 Å². The van der Waals surface area contributed by atoms with Gasteiger partial charge in [0.15, 0.2) is 8.32 Å². The second kappa shape index (κ2) is 10.4. The van der Waals surface area contributed by atoms with E-state index in [2.05, 4.69) is 25.0 Å². The maximum Gasteiger partial charge on any atom is 0.534 e. The highest BCUT2D eigenvalue weighted by Crippen LogP contribution is 2.41. The number of carbonyl (C=O) groups excluding carboxylic acids is 1. The zero-order chi connectivity index (χ0) is 27.8. The summed E-state index contributed by atoms with van der Waals surface area (Å²) in [6, 6.07) is 9.40. The monoisotopic (exact) mass is 560 g/mol. The molecule has 0 spiro atoms. The Balaban J connectivity index is 2.06. The maximum atomic E-state index is 13.1. The second-order valence-corrected chi connectivity index (χ2v) is 16.7. The first-order chi connectivity index (χ1) is 16.9. The fourth-order valence-corrected chi connectivity index (χ4v) is 5.05. The highest BCUT2D eigenvalue weighted by atomic mass is 32.2. The normalized spacial score (nSPS) is 21.2. The molecular formula is C25H31F3O7SSi. The molecule has 0 N–H and O–H groups in total. The van der Waals surface area contributed by atoms with Crippen molar-refractivity contribution in [3.63, 3.8) is 0 Å². The number of benzene rings is 2. The van der Waals surface area contributed by atoms with Gasteiger partial charge in [-0.15, -0.1) is 0 Å². The van der Waals surface area contributed by atoms with Crippen molar-refractivity contribution < 1.29 is 44.5 Å². The molecular weight excluding hydrogens is 529 g/mol. The van der Waals surface area contributed by atoms with Crippen LogP contribution in [-0.4, -0.2) is 47.0 Å². The largest absolute Gasteiger partial charge is 0.534 e. The van der Waals surface area contributed by atoms with Crippen LogP contribution in [0.3, 0.4) is 0 Å². The van der Waals surface area contributed by atoms with Crippen molar-refractivity contribution in [1.82, 2.24) is 0 Å². The molecule has 204 valence electrons. The van der Waals surface area contributed by atoms with Crippen LogP contribution in [0.5, 0.6) is 5.75 Å². The molecule has 7 nitrogen and oxygen atoms in total. The van der Waals surface area contributed by atoms with Gasteiger partial charge in [0.25, 0.3) is 0 Å². The van der Waals surface area contributed by atoms with Crippen LogP contribution >= 0.6 is 0 Å². The van der Waals surface area contributed by atoms with Gasteiger partial charge in [0.1, 0.15) is 24.1 Å². The molecule has 2 aromatic rings. The highest BCUT2D eigenvalue weighted by molar-refractivity contribution is 7.88. The number of esters is 1. The van der Waals surface area contributed by atoms with Crippen molar-refractivity contribution >= 4 is 35.2 Å². The first kappa shape index (κ1) is 29.1. The van der Waals surface area contributed by atoms with E-state index in [1.54, 1.807) is 30.3 Å². The van der Waals surface area contributed by atoms with Gasteiger partial charge in [-0.25, -0.2) is 0 Å². The molecule has 0 bridgehead atoms. The van der Waals surface area contributed by atoms with E-state index in [0.717, 1.165) is 6.07 Å². The van der Waals surface area contributed by atoms with Crippen LogP contribution in [0, 0.1) is 0 Å². The average molecular weight is 561 g/mol. The summed E-state index contributed by atoms with van der Waals surface area (Å²) in [6.45, 7) is 11.6. The summed E-state index contributed by atoms with van der Waals surface area (Å²) in [5, 5.41) is 0.973. The number of hydrogen-bond donors (Lipinski definition) is 0. The Kier molecular flexibility index (Phi) is 8.19. The fourth-order valence-electron chi connectivity index (χ4n) is 3.56. The first-order valence-electron chi connectivity index (χ1n) is 11.6. The predicted molar refractivity (Wildman–Crippen MR) is 135 cm³/mol. The SMILES string of the molecule is CC(=O)O[C@H]1C=CC(c2c(OS(=O)(=O)C(F)(F)F)ccc3ccccc23)OC1CO[Si](C)(C)C(C)(C)C. The van der Waals surface area contributed by atoms with Gasteiger partial charge in [0.05, 0.1) is 6.61 Å². The molecule has 3 atom stereocenters. The number of rotatable bonds is 7. The molecule has 0 saturated heterocycles. The van der Waals surface area contributed by atoms with Gasteiger partial charge in [-0.2, -0.15) is 21.6 Å². The summed E-state index contributed by atoms with van der Waals surface area (Å²) >= 11 is 0. The third kappa shape index (κ3) is 6.54. The molecule has 0 radical (unpaired) electrons. The Morgan fingerprint density at radius 1 is 1.05 bits per heavy atom. The van der Waals surface area contributed by atoms with Crippen LogP contribution < -0.4 is 4.18 Å². The van der Waals surface area contributed by atoms with Crippen LogP contribution in [0.25, 0.3) is 10.8 Å². The average Bonchev–Trinajstić information content (AvgIpc) is 2.76. The molecule has 0 aromatic heterocycles. The fraction of sp³-hybridized carbons (Fsp3) is 0.480. The van der Waals surface area contributed by atoms with Gasteiger partial charge < -0.3 is 18.1 Å². The Hall–Kier alpha value is -2.41. The third-order valence-electron chi connectivity index (χ3n) is 6.58. The molecule has 0 amide bonds. The number of fused-ring (bicyclic) bond motifs is 1. The number of carbonyl (C=O) groups is 1. The number of hydrogen-bond acceptors (Lipinski definition) is 7. The van der Waals surface area contributed by atoms with E-state index in [1.165, 1.54) is 19.1 Å². The van der Waals surface area contributed by atoms with E-state index >= 15 is 0 Å². The lowest BCUT2D eigenvalue weighted by Crippen LogP contribution is -2.46. The van der Waals surface area contributed by atoms with E-state index < -0.39 is 54.0 Å². The number of halogens is 3. The van der Waals surface area contributed by atoms with Gasteiger partial charge in [0, 0.05) is 12.5 Å². The van der Waals surface area contributed by atoms with Crippen LogP contribution in [0.1, 0.15) is 39.4 Å². The van der Waals surface area contributed by atoms with Crippen LogP contribution in [0.15, 0.2) is 48.6 Å². The molecule has 37 heavy (non-hydrogen) atoms. The lowest BCUT2D eigenvalue weighted by atomic mass is 9.96. The molecule has 2 aromatic carbocycles. The van der Waals surface area contributed by atoms with Crippen molar-refractivity contribution in [2.24, 2.45) is 0 Å². The lowest BCUT2D eigenvalue weighted by Gasteiger charge is -2.39. The van der Waals surface area contributed by atoms with Crippen LogP contribution in [-0.2, 0) is 28.8 Å². The quantitative estimate of drug-likeness (QED) is 0.135. The van der Waals surface area contributed by atoms with E-state index in [0.29, 0.717) is 10.8 Å². The van der Waals surface area contributed by atoms with Crippen molar-refractivity contribution in [2.75, 3.05) is 6.61 Å². The third-order valence-corrected chi connectivity index (χ3v) is 12.0. The van der Waals surface area contributed by atoms with Crippen LogP contribution in [0.2, 0.25) is 18.1 Å². The zero-order valence-electron chi connectivity index (χ0n) is 21.5. The lowest BCUT2D eigenvalue weighted by molar-refractivity contribution is -0.156. The minimum atomic E-state index is -5.93. The van der Waals surface area contributed by atoms with E-state index in [-0.39, 0.29) is 17.2 Å². The molecule has 1 heterocycles. The Morgan fingerprint density at radius 2 is 1.70 bits per heavy atom. The molecule has 3 rings (SSSR count). The van der Waals surface area contributed by atoms with Gasteiger partial charge in [-0.05, 0) is 41.0 Å². The summed E-state index contributed by atoms with van der Waals surface area (Å²) < 4.78 is 85.6. The molecule has 12 heteroatoms. The minimum absolute atomic E-state index is 0.0527. The van der Waals surface area contributed by atoms with Gasteiger partial charge in [-0.3, -0.25) is 4.79 Å². The van der Waals surface area contributed by atoms with Crippen molar-refractivity contribution in [3.05, 3.63) is 54.1 Å². The Bertz CT molecular complexity index is 1280. The Morgan fingerprint density at radius 3 is 2.30 bits per heavy atom. The van der Waals surface area contributed by atoms with Crippen LogP contribution in [0.4, 0.5) is 13.2 Å². The van der Waals surface area contributed by atoms with Gasteiger partial charge in [-0.1, -0.05) is 57.2 Å². The summed E-state index contributed by atoms with van der Waals surface area (Å²) in [7, 11) is -8.18. The zero-order valence-corrected chi connectivity index (χ0v) is 23.3. The van der Waals surface area contributed by atoms with E-state index in [1.807, 2.05) is 13.1 Å². The minimum Gasteiger partial charge on any atom is -0.455 e. The summed E-state index contributed by atoms with van der Waals surface area (Å²) in [5.74, 6) is -1.06. The highest BCUT2D eigenvalue weighted by Gasteiger charge is 2.49. The summed E-state index contributed by atoms with van der Waals surface area (Å²) in [6.07, 6.45) is 0.449. The second-order valence-electron chi connectivity index (χ2n) is 10.3. The molecule has 0 saturated carbocycles. The predicted octanol–water partition coefficient (Wildman–Crippen LogP) is 6.02. The van der Waals surface area contributed by atoms with Crippen molar-refractivity contribution in [3.8, 4) is 5.75 Å². The Labute approximate surface area is 215 Å². The molecule has 1 aliphatic heterocycles. The molecule has 0 aliphatic carbocycles. The van der Waals surface area contributed by atoms with Crippen molar-refractivity contribution in [2.45, 2.75) is 69.6 Å². The smallest absolute Gasteiger partial charge is 0.455 e. The maximum absolute atomic E-state index is 13.1. The topological polar surface area (TPSA) is 88.1 Å². The summed E-state index contributed by atoms with van der Waals surface area (Å²) in [5.41, 5.74) is -5.51. The van der Waals surface area contributed by atoms with E-state index in [4.69, 9.17) is 13.9 Å². The van der Waals surface area contributed by atoms with Gasteiger partial charge in [0.2, 0.25) is 0 Å². The number of ether oxygens (including phenoxy) is 2. The first-order valence-corrected chi connectivity index (χ1v) is 15.9. The van der Waals surface area contributed by atoms with E-state index in [9.17, 15) is 26.4 Å². The standard InChI is InChI=1S/C25H31F3O7SSi/c1-16(29)33-19-13-14-20(34-22(19)15-32-37(5,6)24(2,3)4)23-18-10-8-7-9-17(18)11-12-21(23)35-36(30,31)25(26,27)28/h7-14,19-20,22H,15H2,1-6H3/t19-,20?,22?/m0/s1. The molecule has 1 aliphatic rings. The molecule has 0 fully saturated rings. The van der Waals surface area contributed by atoms with Crippen molar-refractivity contribution in [1.29, 1.82) is 0 Å². The number of alkyl halides is 3. The summed E-state index contributed by atoms with van der Waals surface area (Å²) in [4.78, 5) is 11.7. The molecule has 2 unspecified atom stereocenters.